The molecule has 1 saturated heterocycles. The van der Waals surface area contributed by atoms with Crippen LogP contribution >= 0.6 is 11.6 Å². The minimum Gasteiger partial charge on any atom is -0.507 e. The summed E-state index contributed by atoms with van der Waals surface area (Å²) in [5.41, 5.74) is 0.189. The number of likely N-dealkylation sites (tertiary alicyclic amines) is 1. The van der Waals surface area contributed by atoms with E-state index in [-0.39, 0.29) is 29.6 Å². The van der Waals surface area contributed by atoms with Crippen LogP contribution in [0.4, 0.5) is 0 Å². The Hall–Kier alpha value is -1.75. The van der Waals surface area contributed by atoms with Gasteiger partial charge in [0.15, 0.2) is 0 Å². The molecule has 1 aromatic rings. The number of carbonyl (C=O) groups is 2. The van der Waals surface area contributed by atoms with Crippen molar-refractivity contribution in [3.05, 3.63) is 28.8 Å². The Morgan fingerprint density at radius 3 is 2.55 bits per heavy atom. The minimum atomic E-state index is -0.803. The summed E-state index contributed by atoms with van der Waals surface area (Å²) >= 11 is 5.83. The number of carbonyl (C=O) groups excluding carboxylic acids is 1. The monoisotopic (exact) mass is 297 g/mol. The fraction of sp³-hybridized carbons (Fsp3) is 0.429. The Kier molecular flexibility index (Phi) is 4.49. The molecule has 1 amide bonds. The lowest BCUT2D eigenvalue weighted by molar-refractivity contribution is -0.138. The molecule has 0 bridgehead atoms. The summed E-state index contributed by atoms with van der Waals surface area (Å²) < 4.78 is 0. The number of nitrogens with zero attached hydrogens (tertiary/aromatic N) is 1. The molecule has 1 aliphatic heterocycles. The molecule has 0 unspecified atom stereocenters. The maximum atomic E-state index is 12.3. The van der Waals surface area contributed by atoms with Crippen molar-refractivity contribution in [2.75, 3.05) is 13.1 Å². The molecular weight excluding hydrogens is 282 g/mol. The van der Waals surface area contributed by atoms with Gasteiger partial charge < -0.3 is 15.1 Å². The molecule has 0 spiro atoms. The first-order valence-electron chi connectivity index (χ1n) is 6.47. The molecule has 5 nitrogen and oxygen atoms in total. The normalized spacial score (nSPS) is 16.1. The van der Waals surface area contributed by atoms with Gasteiger partial charge in [0.2, 0.25) is 0 Å². The average Bonchev–Trinajstić information content (AvgIpc) is 2.41. The minimum absolute atomic E-state index is 0.0907. The van der Waals surface area contributed by atoms with Crippen molar-refractivity contribution in [2.24, 2.45) is 5.92 Å². The SMILES string of the molecule is O=C(O)CC1CCN(C(=O)c2cc(Cl)ccc2O)CC1. The second-order valence-electron chi connectivity index (χ2n) is 4.99. The van der Waals surface area contributed by atoms with E-state index < -0.39 is 5.97 Å². The molecule has 1 heterocycles. The van der Waals surface area contributed by atoms with Crippen LogP contribution in [-0.4, -0.2) is 40.1 Å². The van der Waals surface area contributed by atoms with Gasteiger partial charge in [-0.1, -0.05) is 11.6 Å². The Morgan fingerprint density at radius 1 is 1.30 bits per heavy atom. The van der Waals surface area contributed by atoms with Crippen molar-refractivity contribution in [1.29, 1.82) is 0 Å². The average molecular weight is 298 g/mol. The zero-order valence-electron chi connectivity index (χ0n) is 10.9. The summed E-state index contributed by atoms with van der Waals surface area (Å²) in [5.74, 6) is -1.04. The molecule has 0 aromatic heterocycles. The lowest BCUT2D eigenvalue weighted by atomic mass is 9.93. The summed E-state index contributed by atoms with van der Waals surface area (Å²) in [7, 11) is 0. The number of amides is 1. The lowest BCUT2D eigenvalue weighted by Crippen LogP contribution is -2.38. The molecule has 108 valence electrons. The molecular formula is C14H16ClNO4. The first-order chi connectivity index (χ1) is 9.47. The highest BCUT2D eigenvalue weighted by molar-refractivity contribution is 6.31. The highest BCUT2D eigenvalue weighted by atomic mass is 35.5. The number of piperidine rings is 1. The Balaban J connectivity index is 2.01. The highest BCUT2D eigenvalue weighted by Gasteiger charge is 2.26. The summed E-state index contributed by atoms with van der Waals surface area (Å²) in [4.78, 5) is 24.6. The largest absolute Gasteiger partial charge is 0.507 e. The van der Waals surface area contributed by atoms with Crippen molar-refractivity contribution in [2.45, 2.75) is 19.3 Å². The third-order valence-corrected chi connectivity index (χ3v) is 3.79. The molecule has 1 aliphatic rings. The predicted molar refractivity (Wildman–Crippen MR) is 74.0 cm³/mol. The maximum absolute atomic E-state index is 12.3. The van der Waals surface area contributed by atoms with Gasteiger partial charge in [-0.3, -0.25) is 9.59 Å². The predicted octanol–water partition coefficient (Wildman–Crippen LogP) is 2.37. The van der Waals surface area contributed by atoms with Gasteiger partial charge in [0.05, 0.1) is 5.56 Å². The van der Waals surface area contributed by atoms with Gasteiger partial charge in [-0.05, 0) is 37.0 Å². The van der Waals surface area contributed by atoms with E-state index in [9.17, 15) is 14.7 Å². The number of hydrogen-bond acceptors (Lipinski definition) is 3. The molecule has 0 radical (unpaired) electrons. The van der Waals surface area contributed by atoms with Crippen LogP contribution in [0.25, 0.3) is 0 Å². The fourth-order valence-corrected chi connectivity index (χ4v) is 2.61. The van der Waals surface area contributed by atoms with Crippen LogP contribution in [0.1, 0.15) is 29.6 Å². The Labute approximate surface area is 121 Å². The molecule has 0 atom stereocenters. The number of carboxylic acid groups (broad SMARTS) is 1. The van der Waals surface area contributed by atoms with Crippen LogP contribution in [-0.2, 0) is 4.79 Å². The molecule has 20 heavy (non-hydrogen) atoms. The third-order valence-electron chi connectivity index (χ3n) is 3.55. The molecule has 1 fully saturated rings. The number of aromatic hydroxyl groups is 1. The van der Waals surface area contributed by atoms with E-state index >= 15 is 0 Å². The summed E-state index contributed by atoms with van der Waals surface area (Å²) in [5, 5.41) is 18.9. The number of halogens is 1. The second-order valence-corrected chi connectivity index (χ2v) is 5.43. The molecule has 1 aromatic carbocycles. The topological polar surface area (TPSA) is 77.8 Å². The van der Waals surface area contributed by atoms with E-state index in [2.05, 4.69) is 0 Å². The van der Waals surface area contributed by atoms with Gasteiger partial charge in [-0.2, -0.15) is 0 Å². The van der Waals surface area contributed by atoms with Gasteiger partial charge in [-0.15, -0.1) is 0 Å². The van der Waals surface area contributed by atoms with Gasteiger partial charge in [-0.25, -0.2) is 0 Å². The summed E-state index contributed by atoms with van der Waals surface area (Å²) in [6.07, 6.45) is 1.48. The second kappa shape index (κ2) is 6.13. The first-order valence-corrected chi connectivity index (χ1v) is 6.84. The Bertz CT molecular complexity index is 524. The Morgan fingerprint density at radius 2 is 1.95 bits per heavy atom. The zero-order chi connectivity index (χ0) is 14.7. The number of aliphatic carboxylic acids is 1. The van der Waals surface area contributed by atoms with Crippen LogP contribution in [0.2, 0.25) is 5.02 Å². The van der Waals surface area contributed by atoms with Crippen molar-refractivity contribution < 1.29 is 19.8 Å². The molecule has 2 rings (SSSR count). The van der Waals surface area contributed by atoms with Crippen LogP contribution in [0.15, 0.2) is 18.2 Å². The van der Waals surface area contributed by atoms with Gasteiger partial charge in [0, 0.05) is 24.5 Å². The van der Waals surface area contributed by atoms with Gasteiger partial charge in [0.1, 0.15) is 5.75 Å². The van der Waals surface area contributed by atoms with Crippen LogP contribution in [0.3, 0.4) is 0 Å². The molecule has 2 N–H and O–H groups in total. The summed E-state index contributed by atoms with van der Waals surface area (Å²) in [6, 6.07) is 4.36. The van der Waals surface area contributed by atoms with Crippen LogP contribution in [0.5, 0.6) is 5.75 Å². The number of carboxylic acids is 1. The first kappa shape index (κ1) is 14.7. The highest BCUT2D eigenvalue weighted by Crippen LogP contribution is 2.26. The van der Waals surface area contributed by atoms with Crippen molar-refractivity contribution in [3.8, 4) is 5.75 Å². The van der Waals surface area contributed by atoms with Crippen LogP contribution < -0.4 is 0 Å². The molecule has 6 heteroatoms. The quantitative estimate of drug-likeness (QED) is 0.898. The number of hydrogen-bond donors (Lipinski definition) is 2. The number of rotatable bonds is 3. The van der Waals surface area contributed by atoms with Crippen LogP contribution in [0, 0.1) is 5.92 Å². The van der Waals surface area contributed by atoms with E-state index in [0.717, 1.165) is 0 Å². The van der Waals surface area contributed by atoms with E-state index in [4.69, 9.17) is 16.7 Å². The van der Waals surface area contributed by atoms with Crippen molar-refractivity contribution >= 4 is 23.5 Å². The zero-order valence-corrected chi connectivity index (χ0v) is 11.6. The third kappa shape index (κ3) is 3.42. The number of phenols is 1. The standard InChI is InChI=1S/C14H16ClNO4/c15-10-1-2-12(17)11(8-10)14(20)16-5-3-9(4-6-16)7-13(18)19/h1-2,8-9,17H,3-7H2,(H,18,19). The molecule has 0 aliphatic carbocycles. The maximum Gasteiger partial charge on any atom is 0.303 e. The molecule has 0 saturated carbocycles. The fourth-order valence-electron chi connectivity index (χ4n) is 2.44. The summed E-state index contributed by atoms with van der Waals surface area (Å²) in [6.45, 7) is 1.01. The lowest BCUT2D eigenvalue weighted by Gasteiger charge is -2.31. The number of benzene rings is 1. The van der Waals surface area contributed by atoms with E-state index in [1.165, 1.54) is 18.2 Å². The van der Waals surface area contributed by atoms with Crippen molar-refractivity contribution in [3.63, 3.8) is 0 Å². The van der Waals surface area contributed by atoms with Gasteiger partial charge in [0.25, 0.3) is 5.91 Å². The number of phenolic OH excluding ortho intramolecular Hbond substituents is 1. The van der Waals surface area contributed by atoms with E-state index in [0.29, 0.717) is 31.0 Å². The smallest absolute Gasteiger partial charge is 0.303 e. The van der Waals surface area contributed by atoms with Crippen molar-refractivity contribution in [1.82, 2.24) is 4.90 Å². The van der Waals surface area contributed by atoms with E-state index in [1.807, 2.05) is 0 Å². The van der Waals surface area contributed by atoms with Gasteiger partial charge >= 0.3 is 5.97 Å². The van der Waals surface area contributed by atoms with E-state index in [1.54, 1.807) is 4.90 Å².